The number of carbonyl (C=O) groups excluding carboxylic acids is 1. The number of hydrogen-bond donors (Lipinski definition) is 1. The van der Waals surface area contributed by atoms with Crippen molar-refractivity contribution in [3.05, 3.63) is 29.1 Å². The first-order valence-electron chi connectivity index (χ1n) is 3.62. The van der Waals surface area contributed by atoms with Crippen LogP contribution in [-0.2, 0) is 0 Å². The second-order valence-corrected chi connectivity index (χ2v) is 2.56. The molecule has 0 unspecified atom stereocenters. The minimum atomic E-state index is -0.486. The molecular weight excluding hydrogens is 157 g/mol. The van der Waals surface area contributed by atoms with E-state index in [9.17, 15) is 9.18 Å². The number of aldehydes is 1. The van der Waals surface area contributed by atoms with E-state index in [0.29, 0.717) is 12.0 Å². The van der Waals surface area contributed by atoms with Gasteiger partial charge in [-0.2, -0.15) is 0 Å². The fourth-order valence-electron chi connectivity index (χ4n) is 1.06. The Kier molecular flexibility index (Phi) is 2.43. The molecule has 1 aromatic rings. The van der Waals surface area contributed by atoms with Crippen LogP contribution in [0.15, 0.2) is 12.1 Å². The number of nitrogens with one attached hydrogen (secondary N) is 1. The molecular formula is C9H10FNO. The molecule has 0 aliphatic carbocycles. The van der Waals surface area contributed by atoms with Gasteiger partial charge in [-0.1, -0.05) is 0 Å². The van der Waals surface area contributed by atoms with Crippen LogP contribution in [0.4, 0.5) is 10.1 Å². The number of benzene rings is 1. The van der Waals surface area contributed by atoms with E-state index in [0.717, 1.165) is 5.56 Å². The molecule has 1 rings (SSSR count). The van der Waals surface area contributed by atoms with Crippen molar-refractivity contribution in [3.63, 3.8) is 0 Å². The first-order valence-corrected chi connectivity index (χ1v) is 3.62. The number of halogens is 1. The van der Waals surface area contributed by atoms with E-state index >= 15 is 0 Å². The Balaban J connectivity index is 3.25. The molecule has 0 spiro atoms. The molecule has 3 heteroatoms. The summed E-state index contributed by atoms with van der Waals surface area (Å²) in [6, 6.07) is 2.84. The zero-order valence-electron chi connectivity index (χ0n) is 7.02. The zero-order valence-corrected chi connectivity index (χ0v) is 7.02. The molecule has 12 heavy (non-hydrogen) atoms. The predicted octanol–water partition coefficient (Wildman–Crippen LogP) is 1.99. The third-order valence-electron chi connectivity index (χ3n) is 1.74. The highest BCUT2D eigenvalue weighted by atomic mass is 19.1. The minimum Gasteiger partial charge on any atom is -0.388 e. The molecule has 0 aliphatic heterocycles. The van der Waals surface area contributed by atoms with Crippen LogP contribution in [0.3, 0.4) is 0 Å². The maximum Gasteiger partial charge on any atom is 0.153 e. The summed E-state index contributed by atoms with van der Waals surface area (Å²) in [4.78, 5) is 10.3. The Bertz CT molecular complexity index is 310. The molecule has 0 radical (unpaired) electrons. The summed E-state index contributed by atoms with van der Waals surface area (Å²) in [7, 11) is 1.71. The topological polar surface area (TPSA) is 29.1 Å². The van der Waals surface area contributed by atoms with E-state index in [1.807, 2.05) is 6.92 Å². The van der Waals surface area contributed by atoms with E-state index in [2.05, 4.69) is 5.32 Å². The zero-order chi connectivity index (χ0) is 9.14. The lowest BCUT2D eigenvalue weighted by molar-refractivity contribution is 0.112. The number of hydrogen-bond acceptors (Lipinski definition) is 2. The lowest BCUT2D eigenvalue weighted by Gasteiger charge is -2.05. The highest BCUT2D eigenvalue weighted by Crippen LogP contribution is 2.18. The Morgan fingerprint density at radius 3 is 2.67 bits per heavy atom. The fraction of sp³-hybridized carbons (Fsp3) is 0.222. The van der Waals surface area contributed by atoms with Gasteiger partial charge in [-0.25, -0.2) is 4.39 Å². The SMILES string of the molecule is CNc1cc(F)c(C=O)cc1C. The molecule has 0 atom stereocenters. The maximum atomic E-state index is 12.9. The average molecular weight is 167 g/mol. The molecule has 1 N–H and O–H groups in total. The third kappa shape index (κ3) is 1.44. The maximum absolute atomic E-state index is 12.9. The summed E-state index contributed by atoms with van der Waals surface area (Å²) in [5, 5.41) is 2.83. The van der Waals surface area contributed by atoms with Crippen LogP contribution in [0.5, 0.6) is 0 Å². The lowest BCUT2D eigenvalue weighted by Crippen LogP contribution is -1.96. The van der Waals surface area contributed by atoms with Crippen LogP contribution in [0, 0.1) is 12.7 Å². The molecule has 0 aliphatic rings. The van der Waals surface area contributed by atoms with E-state index in [1.54, 1.807) is 7.05 Å². The van der Waals surface area contributed by atoms with Crippen LogP contribution < -0.4 is 5.32 Å². The summed E-state index contributed by atoms with van der Waals surface area (Å²) >= 11 is 0. The van der Waals surface area contributed by atoms with Crippen LogP contribution in [0.1, 0.15) is 15.9 Å². The Hall–Kier alpha value is -1.38. The van der Waals surface area contributed by atoms with Gasteiger partial charge in [-0.3, -0.25) is 4.79 Å². The molecule has 0 aromatic heterocycles. The summed E-state index contributed by atoms with van der Waals surface area (Å²) in [6.07, 6.45) is 0.516. The minimum absolute atomic E-state index is 0.103. The second-order valence-electron chi connectivity index (χ2n) is 2.56. The van der Waals surface area contributed by atoms with E-state index in [4.69, 9.17) is 0 Å². The Morgan fingerprint density at radius 1 is 1.50 bits per heavy atom. The average Bonchev–Trinajstić information content (AvgIpc) is 2.08. The van der Waals surface area contributed by atoms with Crippen molar-refractivity contribution in [2.45, 2.75) is 6.92 Å². The van der Waals surface area contributed by atoms with Gasteiger partial charge in [0.05, 0.1) is 5.56 Å². The highest BCUT2D eigenvalue weighted by molar-refractivity contribution is 5.77. The largest absolute Gasteiger partial charge is 0.388 e. The molecule has 0 saturated heterocycles. The highest BCUT2D eigenvalue weighted by Gasteiger charge is 2.04. The van der Waals surface area contributed by atoms with Gasteiger partial charge < -0.3 is 5.32 Å². The first kappa shape index (κ1) is 8.71. The molecule has 0 amide bonds. The molecule has 0 bridgehead atoms. The molecule has 0 fully saturated rings. The quantitative estimate of drug-likeness (QED) is 0.682. The van der Waals surface area contributed by atoms with Crippen molar-refractivity contribution in [3.8, 4) is 0 Å². The lowest BCUT2D eigenvalue weighted by atomic mass is 10.1. The smallest absolute Gasteiger partial charge is 0.153 e. The molecule has 0 saturated carbocycles. The van der Waals surface area contributed by atoms with Gasteiger partial charge in [0, 0.05) is 12.7 Å². The van der Waals surface area contributed by atoms with Crippen molar-refractivity contribution in [1.82, 2.24) is 0 Å². The number of aryl methyl sites for hydroxylation is 1. The standard InChI is InChI=1S/C9H10FNO/c1-6-3-7(5-12)8(10)4-9(6)11-2/h3-5,11H,1-2H3. The van der Waals surface area contributed by atoms with E-state index < -0.39 is 5.82 Å². The number of carbonyl (C=O) groups is 1. The van der Waals surface area contributed by atoms with E-state index in [-0.39, 0.29) is 5.56 Å². The first-order chi connectivity index (χ1) is 5.69. The van der Waals surface area contributed by atoms with Crippen molar-refractivity contribution in [2.24, 2.45) is 0 Å². The monoisotopic (exact) mass is 167 g/mol. The van der Waals surface area contributed by atoms with Crippen LogP contribution in [0.2, 0.25) is 0 Å². The molecule has 0 heterocycles. The van der Waals surface area contributed by atoms with Gasteiger partial charge in [-0.05, 0) is 24.6 Å². The Morgan fingerprint density at radius 2 is 2.17 bits per heavy atom. The van der Waals surface area contributed by atoms with Crippen LogP contribution in [-0.4, -0.2) is 13.3 Å². The summed E-state index contributed by atoms with van der Waals surface area (Å²) in [5.41, 5.74) is 1.67. The Labute approximate surface area is 70.4 Å². The third-order valence-corrected chi connectivity index (χ3v) is 1.74. The summed E-state index contributed by atoms with van der Waals surface area (Å²) < 4.78 is 12.9. The van der Waals surface area contributed by atoms with Crippen molar-refractivity contribution in [2.75, 3.05) is 12.4 Å². The van der Waals surface area contributed by atoms with Crippen molar-refractivity contribution in [1.29, 1.82) is 0 Å². The number of anilines is 1. The molecule has 1 aromatic carbocycles. The summed E-state index contributed by atoms with van der Waals surface area (Å²) in [5.74, 6) is -0.486. The molecule has 2 nitrogen and oxygen atoms in total. The van der Waals surface area contributed by atoms with Crippen molar-refractivity contribution >= 4 is 12.0 Å². The van der Waals surface area contributed by atoms with Gasteiger partial charge in [-0.15, -0.1) is 0 Å². The van der Waals surface area contributed by atoms with E-state index in [1.165, 1.54) is 12.1 Å². The second kappa shape index (κ2) is 3.34. The predicted molar refractivity (Wildman–Crippen MR) is 46.1 cm³/mol. The van der Waals surface area contributed by atoms with Crippen LogP contribution >= 0.6 is 0 Å². The molecule has 64 valence electrons. The normalized spacial score (nSPS) is 9.58. The van der Waals surface area contributed by atoms with Gasteiger partial charge in [0.25, 0.3) is 0 Å². The number of rotatable bonds is 2. The van der Waals surface area contributed by atoms with Gasteiger partial charge in [0.1, 0.15) is 5.82 Å². The van der Waals surface area contributed by atoms with Gasteiger partial charge >= 0.3 is 0 Å². The fourth-order valence-corrected chi connectivity index (χ4v) is 1.06. The summed E-state index contributed by atoms with van der Waals surface area (Å²) in [6.45, 7) is 1.82. The van der Waals surface area contributed by atoms with Gasteiger partial charge in [0.2, 0.25) is 0 Å². The van der Waals surface area contributed by atoms with Crippen molar-refractivity contribution < 1.29 is 9.18 Å². The van der Waals surface area contributed by atoms with Crippen LogP contribution in [0.25, 0.3) is 0 Å². The van der Waals surface area contributed by atoms with Gasteiger partial charge in [0.15, 0.2) is 6.29 Å².